The van der Waals surface area contributed by atoms with Crippen LogP contribution < -0.4 is 0 Å². The van der Waals surface area contributed by atoms with E-state index in [0.717, 1.165) is 16.6 Å². The fraction of sp³-hybridized carbons (Fsp3) is 0.526. The van der Waals surface area contributed by atoms with Gasteiger partial charge in [-0.3, -0.25) is 4.79 Å². The van der Waals surface area contributed by atoms with Gasteiger partial charge < -0.3 is 14.0 Å². The van der Waals surface area contributed by atoms with E-state index in [-0.39, 0.29) is 17.2 Å². The molecule has 1 fully saturated rings. The number of hydrogen-bond donors (Lipinski definition) is 1. The Hall–Kier alpha value is -1.24. The third kappa shape index (κ3) is 4.69. The number of carbonyl (C=O) groups is 1. The summed E-state index contributed by atoms with van der Waals surface area (Å²) in [7, 11) is 0.988. The SMILES string of the molecule is COC(=O)CCc1ccccc1C=C(CS)B1OC(C)(C)C(C)(C)O1. The third-order valence-electron chi connectivity index (χ3n) is 4.96. The lowest BCUT2D eigenvalue weighted by molar-refractivity contribution is -0.140. The molecule has 0 spiro atoms. The summed E-state index contributed by atoms with van der Waals surface area (Å²) in [5.74, 6) is 0.321. The summed E-state index contributed by atoms with van der Waals surface area (Å²) in [6.07, 6.45) is 3.04. The van der Waals surface area contributed by atoms with Gasteiger partial charge in [-0.25, -0.2) is 0 Å². The van der Waals surface area contributed by atoms with Crippen molar-refractivity contribution >= 4 is 31.8 Å². The van der Waals surface area contributed by atoms with Crippen molar-refractivity contribution in [3.8, 4) is 0 Å². The van der Waals surface area contributed by atoms with E-state index in [0.29, 0.717) is 18.6 Å². The molecular weight excluding hydrogens is 335 g/mol. The average molecular weight is 362 g/mol. The molecule has 4 nitrogen and oxygen atoms in total. The van der Waals surface area contributed by atoms with Crippen LogP contribution >= 0.6 is 12.6 Å². The molecule has 1 heterocycles. The van der Waals surface area contributed by atoms with Crippen LogP contribution in [0.4, 0.5) is 0 Å². The maximum atomic E-state index is 11.4. The van der Waals surface area contributed by atoms with Crippen LogP contribution in [-0.4, -0.2) is 37.2 Å². The monoisotopic (exact) mass is 362 g/mol. The fourth-order valence-electron chi connectivity index (χ4n) is 2.62. The van der Waals surface area contributed by atoms with E-state index in [2.05, 4.69) is 18.7 Å². The summed E-state index contributed by atoms with van der Waals surface area (Å²) in [4.78, 5) is 11.4. The van der Waals surface area contributed by atoms with Gasteiger partial charge in [-0.15, -0.1) is 0 Å². The Balaban J connectivity index is 2.24. The average Bonchev–Trinajstić information content (AvgIpc) is 2.78. The molecule has 6 heteroatoms. The lowest BCUT2D eigenvalue weighted by Gasteiger charge is -2.32. The van der Waals surface area contributed by atoms with Crippen molar-refractivity contribution in [2.75, 3.05) is 12.9 Å². The molecule has 1 saturated heterocycles. The summed E-state index contributed by atoms with van der Waals surface area (Å²) in [6.45, 7) is 8.14. The van der Waals surface area contributed by atoms with Crippen LogP contribution in [0.1, 0.15) is 45.2 Å². The Bertz CT molecular complexity index is 639. The third-order valence-corrected chi connectivity index (χ3v) is 5.33. The van der Waals surface area contributed by atoms with E-state index in [1.54, 1.807) is 0 Å². The van der Waals surface area contributed by atoms with Crippen LogP contribution in [0.5, 0.6) is 0 Å². The number of thiol groups is 1. The number of hydrogen-bond acceptors (Lipinski definition) is 5. The van der Waals surface area contributed by atoms with Crippen molar-refractivity contribution in [1.29, 1.82) is 0 Å². The zero-order chi connectivity index (χ0) is 18.7. The molecule has 1 aromatic carbocycles. The number of methoxy groups -OCH3 is 1. The van der Waals surface area contributed by atoms with Gasteiger partial charge in [-0.05, 0) is 50.7 Å². The second kappa shape index (κ2) is 7.98. The maximum absolute atomic E-state index is 11.4. The topological polar surface area (TPSA) is 44.8 Å². The number of rotatable bonds is 6. The highest BCUT2D eigenvalue weighted by Gasteiger charge is 2.52. The molecule has 0 unspecified atom stereocenters. The first-order chi connectivity index (χ1) is 11.7. The standard InChI is InChI=1S/C19H27BO4S/c1-18(2)19(3,4)24-20(23-18)16(13-25)12-15-9-7-6-8-14(15)10-11-17(21)22-5/h6-9,12,25H,10-11,13H2,1-5H3. The van der Waals surface area contributed by atoms with Gasteiger partial charge in [-0.1, -0.05) is 30.3 Å². The van der Waals surface area contributed by atoms with Crippen LogP contribution in [0.15, 0.2) is 29.7 Å². The normalized spacial score (nSPS) is 19.1. The molecule has 2 rings (SSSR count). The van der Waals surface area contributed by atoms with Crippen molar-refractivity contribution in [2.45, 2.75) is 51.7 Å². The first-order valence-corrected chi connectivity index (χ1v) is 9.15. The van der Waals surface area contributed by atoms with Gasteiger partial charge in [0, 0.05) is 12.2 Å². The first-order valence-electron chi connectivity index (χ1n) is 8.52. The molecule has 1 aliphatic heterocycles. The molecule has 1 aliphatic rings. The first kappa shape index (κ1) is 20.1. The largest absolute Gasteiger partial charge is 0.491 e. The van der Waals surface area contributed by atoms with E-state index < -0.39 is 7.12 Å². The zero-order valence-corrected chi connectivity index (χ0v) is 16.6. The minimum atomic E-state index is -0.420. The smallest absolute Gasteiger partial charge is 0.469 e. The van der Waals surface area contributed by atoms with Gasteiger partial charge in [0.25, 0.3) is 0 Å². The minimum Gasteiger partial charge on any atom is -0.469 e. The minimum absolute atomic E-state index is 0.209. The molecule has 1 aromatic rings. The number of aryl methyl sites for hydroxylation is 1. The molecule has 0 bridgehead atoms. The molecule has 0 amide bonds. The van der Waals surface area contributed by atoms with E-state index in [1.807, 2.05) is 52.0 Å². The Morgan fingerprint density at radius 1 is 1.20 bits per heavy atom. The maximum Gasteiger partial charge on any atom is 0.491 e. The molecule has 136 valence electrons. The highest BCUT2D eigenvalue weighted by molar-refractivity contribution is 7.80. The molecular formula is C19H27BO4S. The van der Waals surface area contributed by atoms with Gasteiger partial charge in [0.2, 0.25) is 0 Å². The van der Waals surface area contributed by atoms with Gasteiger partial charge >= 0.3 is 13.1 Å². The van der Waals surface area contributed by atoms with Gasteiger partial charge in [0.1, 0.15) is 0 Å². The number of benzene rings is 1. The second-order valence-corrected chi connectivity index (χ2v) is 7.56. The predicted molar refractivity (Wildman–Crippen MR) is 105 cm³/mol. The molecule has 0 radical (unpaired) electrons. The lowest BCUT2D eigenvalue weighted by atomic mass is 9.78. The van der Waals surface area contributed by atoms with Crippen LogP contribution in [0.25, 0.3) is 6.08 Å². The molecule has 25 heavy (non-hydrogen) atoms. The van der Waals surface area contributed by atoms with Crippen LogP contribution in [0.2, 0.25) is 0 Å². The summed E-state index contributed by atoms with van der Waals surface area (Å²) < 4.78 is 17.0. The highest BCUT2D eigenvalue weighted by Crippen LogP contribution is 2.39. The van der Waals surface area contributed by atoms with Crippen molar-refractivity contribution in [2.24, 2.45) is 0 Å². The van der Waals surface area contributed by atoms with Crippen LogP contribution in [-0.2, 0) is 25.3 Å². The van der Waals surface area contributed by atoms with Gasteiger partial charge in [-0.2, -0.15) is 12.6 Å². The van der Waals surface area contributed by atoms with E-state index >= 15 is 0 Å². The zero-order valence-electron chi connectivity index (χ0n) is 15.7. The molecule has 0 N–H and O–H groups in total. The lowest BCUT2D eigenvalue weighted by Crippen LogP contribution is -2.41. The summed E-state index contributed by atoms with van der Waals surface area (Å²) >= 11 is 4.47. The second-order valence-electron chi connectivity index (χ2n) is 7.24. The molecule has 0 saturated carbocycles. The Morgan fingerprint density at radius 2 is 1.80 bits per heavy atom. The summed E-state index contributed by atoms with van der Waals surface area (Å²) in [5.41, 5.74) is 2.33. The van der Waals surface area contributed by atoms with Crippen molar-refractivity contribution in [1.82, 2.24) is 0 Å². The van der Waals surface area contributed by atoms with E-state index in [4.69, 9.17) is 14.0 Å². The Kier molecular flexibility index (Phi) is 6.41. The van der Waals surface area contributed by atoms with Crippen molar-refractivity contribution < 1.29 is 18.8 Å². The molecule has 0 aromatic heterocycles. The van der Waals surface area contributed by atoms with E-state index in [9.17, 15) is 4.79 Å². The van der Waals surface area contributed by atoms with Gasteiger partial charge in [0.05, 0.1) is 18.3 Å². The van der Waals surface area contributed by atoms with Crippen LogP contribution in [0, 0.1) is 0 Å². The number of ether oxygens (including phenoxy) is 1. The van der Waals surface area contributed by atoms with Crippen molar-refractivity contribution in [3.63, 3.8) is 0 Å². The number of esters is 1. The molecule has 0 atom stereocenters. The summed E-state index contributed by atoms with van der Waals surface area (Å²) in [5, 5.41) is 0. The highest BCUT2D eigenvalue weighted by atomic mass is 32.1. The Morgan fingerprint density at radius 3 is 2.36 bits per heavy atom. The number of carbonyl (C=O) groups excluding carboxylic acids is 1. The van der Waals surface area contributed by atoms with Crippen LogP contribution in [0.3, 0.4) is 0 Å². The quantitative estimate of drug-likeness (QED) is 0.476. The van der Waals surface area contributed by atoms with E-state index in [1.165, 1.54) is 7.11 Å². The van der Waals surface area contributed by atoms with Crippen molar-refractivity contribution in [3.05, 3.63) is 40.9 Å². The summed E-state index contributed by atoms with van der Waals surface area (Å²) in [6, 6.07) is 8.00. The fourth-order valence-corrected chi connectivity index (χ4v) is 2.86. The molecule has 0 aliphatic carbocycles. The van der Waals surface area contributed by atoms with Gasteiger partial charge in [0.15, 0.2) is 0 Å². The Labute approximate surface area is 156 Å². The predicted octanol–water partition coefficient (Wildman–Crippen LogP) is 3.74.